The highest BCUT2D eigenvalue weighted by Gasteiger charge is 2.27. The van der Waals surface area contributed by atoms with Crippen LogP contribution in [0.4, 0.5) is 5.95 Å². The zero-order valence-corrected chi connectivity index (χ0v) is 16.3. The minimum absolute atomic E-state index is 0.0941. The minimum Gasteiger partial charge on any atom is -0.342 e. The third kappa shape index (κ3) is 3.27. The Balaban J connectivity index is 1.42. The molecule has 1 saturated heterocycles. The Kier molecular flexibility index (Phi) is 4.13. The average molecular weight is 392 g/mol. The molecule has 28 heavy (non-hydrogen) atoms. The molecule has 0 atom stereocenters. The number of nitrogens with one attached hydrogen (secondary N) is 1. The first-order valence-corrected chi connectivity index (χ1v) is 10.0. The monoisotopic (exact) mass is 392 g/mol. The Morgan fingerprint density at radius 3 is 2.79 bits per heavy atom. The molecular formula is C19H20N8S. The molecule has 3 N–H and O–H groups in total. The number of nitrogens with zero attached hydrogens (tertiary/aromatic N) is 6. The predicted octanol–water partition coefficient (Wildman–Crippen LogP) is 2.76. The van der Waals surface area contributed by atoms with Gasteiger partial charge in [0.2, 0.25) is 5.95 Å². The van der Waals surface area contributed by atoms with Gasteiger partial charge in [-0.25, -0.2) is 19.9 Å². The van der Waals surface area contributed by atoms with Crippen molar-refractivity contribution in [1.29, 1.82) is 0 Å². The number of H-pyrrole nitrogens is 1. The van der Waals surface area contributed by atoms with Gasteiger partial charge in [-0.05, 0) is 37.6 Å². The van der Waals surface area contributed by atoms with Crippen LogP contribution in [0.1, 0.15) is 19.8 Å². The van der Waals surface area contributed by atoms with Crippen LogP contribution in [-0.4, -0.2) is 48.5 Å². The maximum atomic E-state index is 6.23. The first-order valence-electron chi connectivity index (χ1n) is 9.22. The van der Waals surface area contributed by atoms with Gasteiger partial charge in [0.1, 0.15) is 16.4 Å². The lowest BCUT2D eigenvalue weighted by Gasteiger charge is -2.36. The molecule has 4 heterocycles. The van der Waals surface area contributed by atoms with Crippen LogP contribution in [0, 0.1) is 0 Å². The van der Waals surface area contributed by atoms with E-state index in [1.165, 1.54) is 11.8 Å². The van der Waals surface area contributed by atoms with E-state index >= 15 is 0 Å². The molecule has 0 unspecified atom stereocenters. The van der Waals surface area contributed by atoms with E-state index in [2.05, 4.69) is 41.7 Å². The molecule has 0 aliphatic carbocycles. The third-order valence-electron chi connectivity index (χ3n) is 5.09. The van der Waals surface area contributed by atoms with Crippen molar-refractivity contribution in [3.8, 4) is 0 Å². The van der Waals surface area contributed by atoms with Crippen LogP contribution < -0.4 is 10.6 Å². The van der Waals surface area contributed by atoms with Crippen LogP contribution in [0.3, 0.4) is 0 Å². The van der Waals surface area contributed by atoms with E-state index in [0.29, 0.717) is 11.3 Å². The number of nitrogens with two attached hydrogens (primary N) is 1. The number of piperidine rings is 1. The minimum atomic E-state index is -0.0941. The van der Waals surface area contributed by atoms with Gasteiger partial charge in [0.15, 0.2) is 11.3 Å². The van der Waals surface area contributed by atoms with Crippen molar-refractivity contribution in [1.82, 2.24) is 29.9 Å². The van der Waals surface area contributed by atoms with Crippen LogP contribution in [0.25, 0.3) is 22.2 Å². The molecular weight excluding hydrogens is 372 g/mol. The Morgan fingerprint density at radius 1 is 1.11 bits per heavy atom. The van der Waals surface area contributed by atoms with Crippen molar-refractivity contribution >= 4 is 39.9 Å². The number of rotatable bonds is 3. The number of benzene rings is 1. The van der Waals surface area contributed by atoms with Gasteiger partial charge in [0.25, 0.3) is 0 Å². The third-order valence-corrected chi connectivity index (χ3v) is 6.01. The van der Waals surface area contributed by atoms with Crippen molar-refractivity contribution in [2.45, 2.75) is 35.4 Å². The van der Waals surface area contributed by atoms with E-state index in [4.69, 9.17) is 5.73 Å². The standard InChI is InChI=1S/C19H20N8S/c1-19(20)6-8-27(9-7-19)18-25-15-16(26-18)24-14(10-21-15)28-17-12-4-2-3-5-13(12)22-11-23-17/h2-5,10-11H,6-9,20H2,1H3,(H,21,24,25,26). The van der Waals surface area contributed by atoms with E-state index in [0.717, 1.165) is 52.8 Å². The molecule has 142 valence electrons. The second-order valence-electron chi connectivity index (χ2n) is 7.38. The molecule has 3 aromatic heterocycles. The van der Waals surface area contributed by atoms with Crippen LogP contribution in [-0.2, 0) is 0 Å². The second kappa shape index (κ2) is 6.68. The number of hydrogen-bond acceptors (Lipinski definition) is 8. The molecule has 0 amide bonds. The zero-order valence-electron chi connectivity index (χ0n) is 15.5. The number of para-hydroxylation sites is 1. The van der Waals surface area contributed by atoms with Crippen molar-refractivity contribution in [2.75, 3.05) is 18.0 Å². The van der Waals surface area contributed by atoms with Crippen LogP contribution in [0.5, 0.6) is 0 Å². The van der Waals surface area contributed by atoms with Crippen LogP contribution >= 0.6 is 11.8 Å². The van der Waals surface area contributed by atoms with E-state index in [-0.39, 0.29) is 5.54 Å². The van der Waals surface area contributed by atoms with E-state index < -0.39 is 0 Å². The van der Waals surface area contributed by atoms with E-state index in [1.54, 1.807) is 12.5 Å². The number of hydrogen-bond donors (Lipinski definition) is 2. The predicted molar refractivity (Wildman–Crippen MR) is 109 cm³/mol. The molecule has 8 nitrogen and oxygen atoms in total. The molecule has 0 saturated carbocycles. The Labute approximate surface area is 166 Å². The lowest BCUT2D eigenvalue weighted by molar-refractivity contribution is 0.362. The molecule has 0 bridgehead atoms. The Morgan fingerprint density at radius 2 is 1.93 bits per heavy atom. The average Bonchev–Trinajstić information content (AvgIpc) is 3.11. The molecule has 1 aliphatic heterocycles. The van der Waals surface area contributed by atoms with Crippen molar-refractivity contribution in [3.63, 3.8) is 0 Å². The highest BCUT2D eigenvalue weighted by Crippen LogP contribution is 2.30. The van der Waals surface area contributed by atoms with Gasteiger partial charge in [0, 0.05) is 24.0 Å². The fraction of sp³-hybridized carbons (Fsp3) is 0.316. The Hall–Kier alpha value is -2.78. The van der Waals surface area contributed by atoms with Gasteiger partial charge in [-0.15, -0.1) is 0 Å². The van der Waals surface area contributed by atoms with Crippen molar-refractivity contribution < 1.29 is 0 Å². The number of aromatic amines is 1. The summed E-state index contributed by atoms with van der Waals surface area (Å²) in [4.78, 5) is 28.0. The van der Waals surface area contributed by atoms with Gasteiger partial charge in [-0.1, -0.05) is 18.2 Å². The zero-order chi connectivity index (χ0) is 19.1. The van der Waals surface area contributed by atoms with Crippen LogP contribution in [0.2, 0.25) is 0 Å². The number of anilines is 1. The van der Waals surface area contributed by atoms with Gasteiger partial charge in [-0.2, -0.15) is 4.98 Å². The van der Waals surface area contributed by atoms with E-state index in [9.17, 15) is 0 Å². The summed E-state index contributed by atoms with van der Waals surface area (Å²) in [7, 11) is 0. The topological polar surface area (TPSA) is 110 Å². The summed E-state index contributed by atoms with van der Waals surface area (Å²) >= 11 is 1.47. The van der Waals surface area contributed by atoms with Crippen molar-refractivity contribution in [2.24, 2.45) is 5.73 Å². The molecule has 5 rings (SSSR count). The summed E-state index contributed by atoms with van der Waals surface area (Å²) in [6.07, 6.45) is 5.20. The Bertz CT molecular complexity index is 1140. The van der Waals surface area contributed by atoms with E-state index in [1.807, 2.05) is 24.3 Å². The maximum absolute atomic E-state index is 6.23. The summed E-state index contributed by atoms with van der Waals surface area (Å²) in [5.74, 6) is 0.806. The molecule has 0 radical (unpaired) electrons. The van der Waals surface area contributed by atoms with Crippen molar-refractivity contribution in [3.05, 3.63) is 36.8 Å². The normalized spacial score (nSPS) is 16.7. The maximum Gasteiger partial charge on any atom is 0.206 e. The first-order chi connectivity index (χ1) is 13.6. The van der Waals surface area contributed by atoms with Gasteiger partial charge >= 0.3 is 0 Å². The molecule has 0 spiro atoms. The summed E-state index contributed by atoms with van der Waals surface area (Å²) in [5.41, 5.74) is 8.35. The van der Waals surface area contributed by atoms with Gasteiger partial charge in [0.05, 0.1) is 11.7 Å². The molecule has 4 aromatic rings. The highest BCUT2D eigenvalue weighted by atomic mass is 32.2. The summed E-state index contributed by atoms with van der Waals surface area (Å²) in [6.45, 7) is 3.86. The highest BCUT2D eigenvalue weighted by molar-refractivity contribution is 7.99. The summed E-state index contributed by atoms with van der Waals surface area (Å²) < 4.78 is 0. The lowest BCUT2D eigenvalue weighted by Crippen LogP contribution is -2.48. The number of fused-ring (bicyclic) bond motifs is 2. The van der Waals surface area contributed by atoms with Gasteiger partial charge in [-0.3, -0.25) is 0 Å². The number of aromatic nitrogens is 6. The second-order valence-corrected chi connectivity index (χ2v) is 8.39. The molecule has 1 aliphatic rings. The molecule has 9 heteroatoms. The largest absolute Gasteiger partial charge is 0.342 e. The number of imidazole rings is 1. The molecule has 1 aromatic carbocycles. The fourth-order valence-electron chi connectivity index (χ4n) is 3.35. The summed E-state index contributed by atoms with van der Waals surface area (Å²) in [6, 6.07) is 7.93. The van der Waals surface area contributed by atoms with Gasteiger partial charge < -0.3 is 15.6 Å². The smallest absolute Gasteiger partial charge is 0.206 e. The summed E-state index contributed by atoms with van der Waals surface area (Å²) in [5, 5.41) is 2.61. The SMILES string of the molecule is CC1(N)CCN(c2nc3nc(Sc4ncnc5ccccc45)cnc3[nH]2)CC1. The fourth-order valence-corrected chi connectivity index (χ4v) is 4.17. The van der Waals surface area contributed by atoms with Crippen LogP contribution in [0.15, 0.2) is 46.8 Å². The lowest BCUT2D eigenvalue weighted by atomic mass is 9.91. The first kappa shape index (κ1) is 17.3. The quantitative estimate of drug-likeness (QED) is 0.512. The molecule has 1 fully saturated rings.